The molecule has 0 aliphatic rings. The fourth-order valence-electron chi connectivity index (χ4n) is 1.67. The van der Waals surface area contributed by atoms with Gasteiger partial charge in [-0.1, -0.05) is 6.58 Å². The first-order chi connectivity index (χ1) is 7.04. The highest BCUT2D eigenvalue weighted by Crippen LogP contribution is 2.08. The van der Waals surface area contributed by atoms with Crippen LogP contribution in [0.4, 0.5) is 0 Å². The number of aliphatic hydroxyl groups excluding tert-OH is 1. The number of unbranched alkanes of at least 4 members (excludes halogenated alkanes) is 1. The summed E-state index contributed by atoms with van der Waals surface area (Å²) in [6.45, 7) is 7.08. The van der Waals surface area contributed by atoms with Gasteiger partial charge in [-0.2, -0.15) is 0 Å². The normalized spacial score (nSPS) is 14.3. The molecule has 0 bridgehead atoms. The fourth-order valence-corrected chi connectivity index (χ4v) is 1.67. The molecule has 16 heavy (non-hydrogen) atoms. The Bertz CT molecular complexity index is 179. The molecule has 0 saturated heterocycles. The number of hydrogen-bond acceptors (Lipinski definition) is 3. The van der Waals surface area contributed by atoms with Crippen LogP contribution in [-0.2, 0) is 0 Å². The van der Waals surface area contributed by atoms with Crippen molar-refractivity contribution in [2.75, 3.05) is 33.2 Å². The number of aliphatic hydroxyl groups is 2. The lowest BCUT2D eigenvalue weighted by molar-refractivity contribution is -0.905. The van der Waals surface area contributed by atoms with Gasteiger partial charge in [-0.25, -0.2) is 0 Å². The van der Waals surface area contributed by atoms with Crippen LogP contribution < -0.4 is 18.1 Å². The second kappa shape index (κ2) is 10.1. The van der Waals surface area contributed by atoms with Gasteiger partial charge in [0.15, 0.2) is 6.29 Å². The van der Waals surface area contributed by atoms with E-state index in [1.54, 1.807) is 0 Å². The highest BCUT2D eigenvalue weighted by atomic mass is 35.5. The van der Waals surface area contributed by atoms with E-state index in [0.717, 1.165) is 43.5 Å². The smallest absolute Gasteiger partial charge is 0.156 e. The van der Waals surface area contributed by atoms with Crippen molar-refractivity contribution in [1.29, 1.82) is 0 Å². The van der Waals surface area contributed by atoms with Crippen LogP contribution in [0.1, 0.15) is 19.3 Å². The Kier molecular flexibility index (Phi) is 11.5. The molecule has 0 aliphatic heterocycles. The molecule has 4 N–H and O–H groups in total. The van der Waals surface area contributed by atoms with Crippen LogP contribution in [0.15, 0.2) is 12.7 Å². The van der Waals surface area contributed by atoms with E-state index in [9.17, 15) is 0 Å². The van der Waals surface area contributed by atoms with Crippen molar-refractivity contribution >= 4 is 0 Å². The summed E-state index contributed by atoms with van der Waals surface area (Å²) < 4.78 is 0.807. The molecule has 0 aromatic rings. The van der Waals surface area contributed by atoms with E-state index in [1.165, 1.54) is 0 Å². The van der Waals surface area contributed by atoms with Crippen LogP contribution >= 0.6 is 0 Å². The second-order valence-electron chi connectivity index (χ2n) is 4.30. The largest absolute Gasteiger partial charge is 1.00 e. The van der Waals surface area contributed by atoms with Gasteiger partial charge in [-0.15, -0.1) is 0 Å². The molecule has 0 radical (unpaired) electrons. The summed E-state index contributed by atoms with van der Waals surface area (Å²) in [4.78, 5) is 0. The summed E-state index contributed by atoms with van der Waals surface area (Å²) in [5.41, 5.74) is 5.45. The number of halogens is 1. The van der Waals surface area contributed by atoms with E-state index < -0.39 is 6.29 Å². The summed E-state index contributed by atoms with van der Waals surface area (Å²) >= 11 is 0. The van der Waals surface area contributed by atoms with Crippen molar-refractivity contribution in [2.24, 2.45) is 5.73 Å². The van der Waals surface area contributed by atoms with Gasteiger partial charge in [0.1, 0.15) is 0 Å². The van der Waals surface area contributed by atoms with Gasteiger partial charge in [0.05, 0.1) is 26.7 Å². The zero-order valence-corrected chi connectivity index (χ0v) is 10.9. The molecule has 0 aliphatic carbocycles. The molecule has 0 heterocycles. The first-order valence-electron chi connectivity index (χ1n) is 5.55. The third-order valence-electron chi connectivity index (χ3n) is 2.65. The Morgan fingerprint density at radius 3 is 2.38 bits per heavy atom. The van der Waals surface area contributed by atoms with Crippen molar-refractivity contribution in [2.45, 2.75) is 25.6 Å². The molecular formula is C11H25ClN2O2. The SMILES string of the molecule is C=CC[N+](C)(CCCCN)CCC(O)O.[Cl-]. The van der Waals surface area contributed by atoms with E-state index in [2.05, 4.69) is 13.6 Å². The predicted octanol–water partition coefficient (Wildman–Crippen LogP) is -2.94. The third kappa shape index (κ3) is 9.12. The third-order valence-corrected chi connectivity index (χ3v) is 2.65. The van der Waals surface area contributed by atoms with Crippen LogP contribution in [-0.4, -0.2) is 54.2 Å². The van der Waals surface area contributed by atoms with Crippen LogP contribution in [0.3, 0.4) is 0 Å². The lowest BCUT2D eigenvalue weighted by Crippen LogP contribution is -3.00. The summed E-state index contributed by atoms with van der Waals surface area (Å²) in [5, 5.41) is 17.7. The van der Waals surface area contributed by atoms with Crippen molar-refractivity contribution < 1.29 is 27.1 Å². The van der Waals surface area contributed by atoms with E-state index in [1.807, 2.05) is 6.08 Å². The van der Waals surface area contributed by atoms with Gasteiger partial charge >= 0.3 is 0 Å². The maximum atomic E-state index is 8.86. The molecule has 5 heteroatoms. The Morgan fingerprint density at radius 2 is 1.94 bits per heavy atom. The molecular weight excluding hydrogens is 228 g/mol. The van der Waals surface area contributed by atoms with E-state index >= 15 is 0 Å². The molecule has 0 saturated carbocycles. The zero-order valence-electron chi connectivity index (χ0n) is 10.1. The minimum atomic E-state index is -1.21. The molecule has 4 nitrogen and oxygen atoms in total. The Balaban J connectivity index is 0. The summed E-state index contributed by atoms with van der Waals surface area (Å²) in [7, 11) is 2.11. The van der Waals surface area contributed by atoms with Gasteiger partial charge in [-0.05, 0) is 25.5 Å². The summed E-state index contributed by atoms with van der Waals surface area (Å²) in [6.07, 6.45) is 3.18. The topological polar surface area (TPSA) is 66.5 Å². The maximum absolute atomic E-state index is 8.86. The standard InChI is InChI=1S/C11H25N2O2.ClH/c1-3-8-13(2,9-5-4-7-12)10-6-11(14)15;/h3,11,14-15H,1,4-10,12H2,2H3;1H/q+1;/p-1. The molecule has 0 fully saturated rings. The minimum absolute atomic E-state index is 0. The first kappa shape index (κ1) is 18.2. The Hall–Kier alpha value is -0.130. The molecule has 0 amide bonds. The molecule has 0 rings (SSSR count). The quantitative estimate of drug-likeness (QED) is 0.178. The summed E-state index contributed by atoms with van der Waals surface area (Å²) in [6, 6.07) is 0. The van der Waals surface area contributed by atoms with Crippen LogP contribution in [0.2, 0.25) is 0 Å². The van der Waals surface area contributed by atoms with Gasteiger partial charge in [-0.3, -0.25) is 0 Å². The number of likely N-dealkylation sites (N-methyl/N-ethyl adjacent to an activating group) is 1. The Labute approximate surface area is 105 Å². The number of nitrogens with two attached hydrogens (primary N) is 1. The Morgan fingerprint density at radius 1 is 1.31 bits per heavy atom. The predicted molar refractivity (Wildman–Crippen MR) is 62.1 cm³/mol. The van der Waals surface area contributed by atoms with Gasteiger partial charge in [0, 0.05) is 6.42 Å². The summed E-state index contributed by atoms with van der Waals surface area (Å²) in [5.74, 6) is 0. The molecule has 0 aromatic carbocycles. The minimum Gasteiger partial charge on any atom is -1.00 e. The highest BCUT2D eigenvalue weighted by Gasteiger charge is 2.20. The van der Waals surface area contributed by atoms with Crippen molar-refractivity contribution in [3.63, 3.8) is 0 Å². The maximum Gasteiger partial charge on any atom is 0.156 e. The van der Waals surface area contributed by atoms with Gasteiger partial charge < -0.3 is 32.8 Å². The number of hydrogen-bond donors (Lipinski definition) is 3. The number of quaternary nitrogens is 1. The van der Waals surface area contributed by atoms with E-state index in [0.29, 0.717) is 6.42 Å². The van der Waals surface area contributed by atoms with Crippen molar-refractivity contribution in [1.82, 2.24) is 0 Å². The first-order valence-corrected chi connectivity index (χ1v) is 5.55. The van der Waals surface area contributed by atoms with Crippen LogP contribution in [0.5, 0.6) is 0 Å². The average molecular weight is 253 g/mol. The van der Waals surface area contributed by atoms with Crippen LogP contribution in [0.25, 0.3) is 0 Å². The molecule has 98 valence electrons. The molecule has 0 spiro atoms. The number of rotatable bonds is 9. The average Bonchev–Trinajstić information content (AvgIpc) is 2.16. The van der Waals surface area contributed by atoms with E-state index in [4.69, 9.17) is 15.9 Å². The van der Waals surface area contributed by atoms with Gasteiger partial charge in [0.25, 0.3) is 0 Å². The van der Waals surface area contributed by atoms with Crippen LogP contribution in [0, 0.1) is 0 Å². The fraction of sp³-hybridized carbons (Fsp3) is 0.818. The van der Waals surface area contributed by atoms with Crippen molar-refractivity contribution in [3.8, 4) is 0 Å². The highest BCUT2D eigenvalue weighted by molar-refractivity contribution is 4.65. The number of nitrogens with zero attached hydrogens (tertiary/aromatic N) is 1. The monoisotopic (exact) mass is 252 g/mol. The molecule has 0 aromatic heterocycles. The van der Waals surface area contributed by atoms with Gasteiger partial charge in [0.2, 0.25) is 0 Å². The lowest BCUT2D eigenvalue weighted by Gasteiger charge is -2.34. The molecule has 1 atom stereocenters. The second-order valence-corrected chi connectivity index (χ2v) is 4.30. The zero-order chi connectivity index (χ0) is 11.7. The molecule has 1 unspecified atom stereocenters. The lowest BCUT2D eigenvalue weighted by atomic mass is 10.2. The van der Waals surface area contributed by atoms with Crippen molar-refractivity contribution in [3.05, 3.63) is 12.7 Å². The van der Waals surface area contributed by atoms with E-state index in [-0.39, 0.29) is 12.4 Å².